The Morgan fingerprint density at radius 3 is 1.29 bits per heavy atom. The fraction of sp³-hybridized carbons (Fsp3) is 1.00. The minimum Gasteiger partial charge on any atom is -0.390 e. The predicted octanol–water partition coefficient (Wildman–Crippen LogP) is 2.89. The highest BCUT2D eigenvalue weighted by Gasteiger charge is 2.57. The Bertz CT molecular complexity index is 172. The maximum Gasteiger partial charge on any atom is 0.400 e. The third-order valence-electron chi connectivity index (χ3n) is 1.49. The van der Waals surface area contributed by atoms with Crippen LogP contribution in [0.5, 0.6) is 0 Å². The molecule has 0 aliphatic heterocycles. The molecule has 14 heavy (non-hydrogen) atoms. The number of hydrogen-bond donors (Lipinski definition) is 1. The zero-order valence-electron chi connectivity index (χ0n) is 7.50. The van der Waals surface area contributed by atoms with Gasteiger partial charge in [0, 0.05) is 0 Å². The van der Waals surface area contributed by atoms with Gasteiger partial charge in [0.25, 0.3) is 0 Å². The molecule has 0 atom stereocenters. The first-order valence-corrected chi connectivity index (χ1v) is 3.70. The molecule has 0 aliphatic carbocycles. The quantitative estimate of drug-likeness (QED) is 0.715. The van der Waals surface area contributed by atoms with Crippen LogP contribution in [-0.2, 0) is 0 Å². The maximum absolute atomic E-state index is 11.9. The van der Waals surface area contributed by atoms with E-state index < -0.39 is 30.3 Å². The molecule has 0 aromatic carbocycles. The summed E-state index contributed by atoms with van der Waals surface area (Å²) < 4.78 is 71.5. The summed E-state index contributed by atoms with van der Waals surface area (Å²) in [6, 6.07) is 0. The lowest BCUT2D eigenvalue weighted by Gasteiger charge is -2.28. The van der Waals surface area contributed by atoms with Gasteiger partial charge in [0.05, 0.1) is 5.60 Å². The van der Waals surface area contributed by atoms with Crippen molar-refractivity contribution < 1.29 is 31.4 Å². The molecule has 0 aromatic heterocycles. The van der Waals surface area contributed by atoms with E-state index in [4.69, 9.17) is 5.11 Å². The van der Waals surface area contributed by atoms with Crippen LogP contribution in [0.3, 0.4) is 0 Å². The Kier molecular flexibility index (Phi) is 3.48. The van der Waals surface area contributed by atoms with Crippen molar-refractivity contribution >= 4 is 0 Å². The van der Waals surface area contributed by atoms with E-state index in [1.165, 1.54) is 0 Å². The Labute approximate surface area is 76.7 Å². The summed E-state index contributed by atoms with van der Waals surface area (Å²) in [4.78, 5) is 0. The zero-order valence-corrected chi connectivity index (χ0v) is 7.50. The lowest BCUT2D eigenvalue weighted by atomic mass is 9.92. The van der Waals surface area contributed by atoms with Crippen molar-refractivity contribution in [3.63, 3.8) is 0 Å². The Balaban J connectivity index is 4.78. The average Bonchev–Trinajstić information content (AvgIpc) is 1.75. The van der Waals surface area contributed by atoms with Gasteiger partial charge in [0.2, 0.25) is 0 Å². The minimum absolute atomic E-state index is 0.900. The molecule has 0 bridgehead atoms. The monoisotopic (exact) mass is 224 g/mol. The molecule has 1 N–H and O–H groups in total. The van der Waals surface area contributed by atoms with E-state index in [1.807, 2.05) is 0 Å². The van der Waals surface area contributed by atoms with Gasteiger partial charge in [-0.05, 0) is 20.3 Å². The highest BCUT2D eigenvalue weighted by Crippen LogP contribution is 2.43. The summed E-state index contributed by atoms with van der Waals surface area (Å²) in [5.41, 5.74) is -2.00. The molecule has 0 rings (SSSR count). The lowest BCUT2D eigenvalue weighted by molar-refractivity contribution is -0.293. The van der Waals surface area contributed by atoms with Crippen molar-refractivity contribution in [3.05, 3.63) is 0 Å². The standard InChI is InChI=1S/C7H10F6O/c1-5(2,14)3-4(6(8,9)10)7(11,12)13/h4,14H,3H2,1-2H3. The third-order valence-corrected chi connectivity index (χ3v) is 1.49. The summed E-state index contributed by atoms with van der Waals surface area (Å²) in [5.74, 6) is -3.48. The van der Waals surface area contributed by atoms with E-state index in [9.17, 15) is 26.3 Å². The number of halogens is 6. The van der Waals surface area contributed by atoms with Crippen molar-refractivity contribution in [3.8, 4) is 0 Å². The molecule has 0 heterocycles. The first kappa shape index (κ1) is 13.5. The number of rotatable bonds is 2. The van der Waals surface area contributed by atoms with E-state index in [-0.39, 0.29) is 0 Å². The van der Waals surface area contributed by atoms with Gasteiger partial charge in [-0.15, -0.1) is 0 Å². The fourth-order valence-electron chi connectivity index (χ4n) is 0.917. The largest absolute Gasteiger partial charge is 0.400 e. The SMILES string of the molecule is CC(C)(O)CC(C(F)(F)F)C(F)(F)F. The summed E-state index contributed by atoms with van der Waals surface area (Å²) in [5, 5.41) is 8.91. The fourth-order valence-corrected chi connectivity index (χ4v) is 0.917. The zero-order chi connectivity index (χ0) is 11.8. The van der Waals surface area contributed by atoms with E-state index in [2.05, 4.69) is 0 Å². The normalized spacial score (nSPS) is 15.0. The third kappa shape index (κ3) is 4.69. The van der Waals surface area contributed by atoms with Gasteiger partial charge in [-0.3, -0.25) is 0 Å². The topological polar surface area (TPSA) is 20.2 Å². The Morgan fingerprint density at radius 2 is 1.21 bits per heavy atom. The molecule has 7 heteroatoms. The van der Waals surface area contributed by atoms with Crippen LogP contribution in [0.2, 0.25) is 0 Å². The maximum atomic E-state index is 11.9. The van der Waals surface area contributed by atoms with Crippen molar-refractivity contribution in [1.29, 1.82) is 0 Å². The molecular formula is C7H10F6O. The minimum atomic E-state index is -5.38. The predicted molar refractivity (Wildman–Crippen MR) is 36.5 cm³/mol. The van der Waals surface area contributed by atoms with Crippen molar-refractivity contribution in [2.45, 2.75) is 38.2 Å². The summed E-state index contributed by atoms with van der Waals surface area (Å²) in [7, 11) is 0. The summed E-state index contributed by atoms with van der Waals surface area (Å²) in [6.07, 6.45) is -12.1. The molecule has 0 aromatic rings. The second-order valence-electron chi connectivity index (χ2n) is 3.65. The molecule has 0 saturated carbocycles. The molecule has 0 fully saturated rings. The Morgan fingerprint density at radius 1 is 0.929 bits per heavy atom. The van der Waals surface area contributed by atoms with Gasteiger partial charge >= 0.3 is 12.4 Å². The van der Waals surface area contributed by atoms with E-state index >= 15 is 0 Å². The number of aliphatic hydroxyl groups is 1. The molecular weight excluding hydrogens is 214 g/mol. The van der Waals surface area contributed by atoms with Crippen LogP contribution in [0.15, 0.2) is 0 Å². The van der Waals surface area contributed by atoms with Crippen LogP contribution in [0.1, 0.15) is 20.3 Å². The molecule has 0 saturated heterocycles. The smallest absolute Gasteiger partial charge is 0.390 e. The van der Waals surface area contributed by atoms with Crippen LogP contribution in [0.25, 0.3) is 0 Å². The molecule has 0 aliphatic rings. The molecule has 0 unspecified atom stereocenters. The van der Waals surface area contributed by atoms with Crippen LogP contribution in [0, 0.1) is 5.92 Å². The van der Waals surface area contributed by atoms with Crippen LogP contribution >= 0.6 is 0 Å². The van der Waals surface area contributed by atoms with Crippen LogP contribution < -0.4 is 0 Å². The summed E-state index contributed by atoms with van der Waals surface area (Å²) >= 11 is 0. The number of hydrogen-bond acceptors (Lipinski definition) is 1. The molecule has 1 nitrogen and oxygen atoms in total. The number of alkyl halides is 6. The van der Waals surface area contributed by atoms with Crippen LogP contribution in [-0.4, -0.2) is 23.1 Å². The van der Waals surface area contributed by atoms with Crippen molar-refractivity contribution in [2.75, 3.05) is 0 Å². The second kappa shape index (κ2) is 3.60. The molecule has 0 amide bonds. The van der Waals surface area contributed by atoms with Gasteiger partial charge in [0.1, 0.15) is 0 Å². The van der Waals surface area contributed by atoms with E-state index in [0.29, 0.717) is 0 Å². The average molecular weight is 224 g/mol. The highest BCUT2D eigenvalue weighted by molar-refractivity contribution is 4.81. The summed E-state index contributed by atoms with van der Waals surface area (Å²) in [6.45, 7) is 1.80. The van der Waals surface area contributed by atoms with Crippen molar-refractivity contribution in [2.24, 2.45) is 5.92 Å². The van der Waals surface area contributed by atoms with Gasteiger partial charge in [-0.25, -0.2) is 0 Å². The molecule has 0 spiro atoms. The van der Waals surface area contributed by atoms with Crippen LogP contribution in [0.4, 0.5) is 26.3 Å². The van der Waals surface area contributed by atoms with Gasteiger partial charge < -0.3 is 5.11 Å². The van der Waals surface area contributed by atoms with Gasteiger partial charge in [-0.2, -0.15) is 26.3 Å². The van der Waals surface area contributed by atoms with E-state index in [0.717, 1.165) is 13.8 Å². The highest BCUT2D eigenvalue weighted by atomic mass is 19.4. The lowest BCUT2D eigenvalue weighted by Crippen LogP contribution is -2.41. The first-order chi connectivity index (χ1) is 5.84. The van der Waals surface area contributed by atoms with Gasteiger partial charge in [0.15, 0.2) is 5.92 Å². The van der Waals surface area contributed by atoms with E-state index in [1.54, 1.807) is 0 Å². The second-order valence-corrected chi connectivity index (χ2v) is 3.65. The first-order valence-electron chi connectivity index (χ1n) is 3.70. The molecule has 0 radical (unpaired) electrons. The Hall–Kier alpha value is -0.460. The van der Waals surface area contributed by atoms with Gasteiger partial charge in [-0.1, -0.05) is 0 Å². The molecule has 86 valence electrons. The van der Waals surface area contributed by atoms with Crippen molar-refractivity contribution in [1.82, 2.24) is 0 Å².